The summed E-state index contributed by atoms with van der Waals surface area (Å²) in [5.41, 5.74) is 0. The third-order valence-corrected chi connectivity index (χ3v) is 8.54. The van der Waals surface area contributed by atoms with E-state index in [4.69, 9.17) is 14.2 Å². The summed E-state index contributed by atoms with van der Waals surface area (Å²) in [6.07, 6.45) is 49.6. The van der Waals surface area contributed by atoms with Crippen LogP contribution in [-0.4, -0.2) is 37.9 Å². The first-order valence-electron chi connectivity index (χ1n) is 20.8. The molecular weight excluding hydrogens is 620 g/mol. The first kappa shape index (κ1) is 47.6. The highest BCUT2D eigenvalue weighted by Gasteiger charge is 2.17. The number of hydrogen-bond acceptors (Lipinski definition) is 5. The average Bonchev–Trinajstić information content (AvgIpc) is 3.11. The Morgan fingerprint density at radius 2 is 0.900 bits per heavy atom. The monoisotopic (exact) mass is 699 g/mol. The second-order valence-corrected chi connectivity index (χ2v) is 13.5. The Labute approximate surface area is 309 Å². The summed E-state index contributed by atoms with van der Waals surface area (Å²) >= 11 is 0. The maximum absolute atomic E-state index is 12.5. The molecule has 0 aromatic heterocycles. The molecule has 288 valence electrons. The van der Waals surface area contributed by atoms with Crippen LogP contribution in [0.5, 0.6) is 0 Å². The van der Waals surface area contributed by atoms with Crippen LogP contribution in [0.15, 0.2) is 60.8 Å². The summed E-state index contributed by atoms with van der Waals surface area (Å²) in [4.78, 5) is 24.9. The molecule has 50 heavy (non-hydrogen) atoms. The first-order valence-corrected chi connectivity index (χ1v) is 20.8. The molecule has 0 radical (unpaired) electrons. The van der Waals surface area contributed by atoms with Crippen molar-refractivity contribution >= 4 is 11.9 Å². The van der Waals surface area contributed by atoms with Crippen LogP contribution in [0.2, 0.25) is 0 Å². The fraction of sp³-hybridized carbons (Fsp3) is 0.733. The molecule has 0 aliphatic rings. The predicted molar refractivity (Wildman–Crippen MR) is 214 cm³/mol. The molecule has 0 spiro atoms. The summed E-state index contributed by atoms with van der Waals surface area (Å²) < 4.78 is 17.1. The minimum absolute atomic E-state index is 0.0600. The molecule has 0 N–H and O–H groups in total. The van der Waals surface area contributed by atoms with Crippen molar-refractivity contribution in [2.24, 2.45) is 0 Å². The maximum atomic E-state index is 12.5. The summed E-state index contributed by atoms with van der Waals surface area (Å²) in [7, 11) is 0. The van der Waals surface area contributed by atoms with Crippen LogP contribution < -0.4 is 0 Å². The van der Waals surface area contributed by atoms with E-state index in [9.17, 15) is 9.59 Å². The molecule has 0 bridgehead atoms. The molecule has 1 unspecified atom stereocenters. The van der Waals surface area contributed by atoms with Gasteiger partial charge in [0.1, 0.15) is 6.61 Å². The molecule has 0 fully saturated rings. The molecular formula is C45H78O5. The normalized spacial score (nSPS) is 12.8. The topological polar surface area (TPSA) is 61.8 Å². The van der Waals surface area contributed by atoms with E-state index in [0.29, 0.717) is 19.4 Å². The average molecular weight is 699 g/mol. The van der Waals surface area contributed by atoms with Gasteiger partial charge in [0.15, 0.2) is 6.10 Å². The number of carbonyl (C=O) groups is 2. The van der Waals surface area contributed by atoms with Crippen LogP contribution in [0.4, 0.5) is 0 Å². The van der Waals surface area contributed by atoms with Gasteiger partial charge >= 0.3 is 11.9 Å². The Morgan fingerprint density at radius 3 is 1.52 bits per heavy atom. The summed E-state index contributed by atoms with van der Waals surface area (Å²) in [5.74, 6) is -0.464. The van der Waals surface area contributed by atoms with E-state index in [1.54, 1.807) is 0 Å². The Morgan fingerprint density at radius 1 is 0.460 bits per heavy atom. The van der Waals surface area contributed by atoms with Crippen molar-refractivity contribution in [2.75, 3.05) is 19.8 Å². The van der Waals surface area contributed by atoms with Crippen molar-refractivity contribution in [1.82, 2.24) is 0 Å². The lowest BCUT2D eigenvalue weighted by Crippen LogP contribution is -2.30. The third-order valence-electron chi connectivity index (χ3n) is 8.54. The van der Waals surface area contributed by atoms with Crippen LogP contribution in [0.25, 0.3) is 0 Å². The molecule has 0 aromatic carbocycles. The van der Waals surface area contributed by atoms with Gasteiger partial charge in [-0.1, -0.05) is 152 Å². The predicted octanol–water partition coefficient (Wildman–Crippen LogP) is 13.4. The van der Waals surface area contributed by atoms with Gasteiger partial charge in [-0.25, -0.2) is 0 Å². The standard InChI is InChI=1S/C45H78O5/c1-4-7-10-13-15-17-19-21-23-24-26-28-30-33-35-38-44(46)49-42-43(50-45(47)39-36-32-12-9-6-3)41-48-40-37-34-31-29-27-25-22-20-18-16-14-11-8-5-2/h7,10,15,17-18,20-21,23,26,28,43H,4-6,8-9,11-14,16,19,22,24-25,27,29-42H2,1-3H3/b10-7-,17-15-,20-18-,23-21-,28-26-. The third kappa shape index (κ3) is 38.4. The Hall–Kier alpha value is -2.40. The number of esters is 2. The quantitative estimate of drug-likeness (QED) is 0.0367. The lowest BCUT2D eigenvalue weighted by molar-refractivity contribution is -0.163. The number of allylic oxidation sites excluding steroid dienone is 10. The lowest BCUT2D eigenvalue weighted by Gasteiger charge is -2.18. The number of rotatable bonds is 37. The number of unbranched alkanes of at least 4 members (excludes halogenated alkanes) is 16. The molecule has 5 nitrogen and oxygen atoms in total. The van der Waals surface area contributed by atoms with Gasteiger partial charge in [-0.15, -0.1) is 0 Å². The van der Waals surface area contributed by atoms with Gasteiger partial charge in [-0.05, 0) is 83.5 Å². The van der Waals surface area contributed by atoms with E-state index in [1.165, 1.54) is 77.0 Å². The molecule has 0 saturated carbocycles. The van der Waals surface area contributed by atoms with Crippen molar-refractivity contribution in [3.05, 3.63) is 60.8 Å². The molecule has 0 saturated heterocycles. The minimum atomic E-state index is -0.550. The van der Waals surface area contributed by atoms with E-state index in [1.807, 2.05) is 0 Å². The van der Waals surface area contributed by atoms with Gasteiger partial charge < -0.3 is 14.2 Å². The summed E-state index contributed by atoms with van der Waals surface area (Å²) in [6, 6.07) is 0. The molecule has 0 rings (SSSR count). The van der Waals surface area contributed by atoms with E-state index in [0.717, 1.165) is 77.0 Å². The Bertz CT molecular complexity index is 884. The van der Waals surface area contributed by atoms with Crippen molar-refractivity contribution in [1.29, 1.82) is 0 Å². The van der Waals surface area contributed by atoms with Gasteiger partial charge in [0.25, 0.3) is 0 Å². The van der Waals surface area contributed by atoms with Gasteiger partial charge in [-0.3, -0.25) is 9.59 Å². The molecule has 0 amide bonds. The van der Waals surface area contributed by atoms with Crippen LogP contribution in [0.1, 0.15) is 188 Å². The zero-order valence-electron chi connectivity index (χ0n) is 32.9. The van der Waals surface area contributed by atoms with Gasteiger partial charge in [0.05, 0.1) is 6.61 Å². The minimum Gasteiger partial charge on any atom is -0.462 e. The molecule has 5 heteroatoms. The van der Waals surface area contributed by atoms with Crippen molar-refractivity contribution in [3.8, 4) is 0 Å². The van der Waals surface area contributed by atoms with Crippen LogP contribution in [0, 0.1) is 0 Å². The molecule has 0 aliphatic carbocycles. The highest BCUT2D eigenvalue weighted by Crippen LogP contribution is 2.11. The van der Waals surface area contributed by atoms with Crippen LogP contribution >= 0.6 is 0 Å². The highest BCUT2D eigenvalue weighted by atomic mass is 16.6. The number of ether oxygens (including phenoxy) is 3. The molecule has 1 atom stereocenters. The van der Waals surface area contributed by atoms with Crippen molar-refractivity contribution < 1.29 is 23.8 Å². The Kier molecular flexibility index (Phi) is 39.1. The summed E-state index contributed by atoms with van der Waals surface area (Å²) in [6.45, 7) is 7.56. The van der Waals surface area contributed by atoms with E-state index < -0.39 is 6.10 Å². The van der Waals surface area contributed by atoms with E-state index in [-0.39, 0.29) is 25.2 Å². The SMILES string of the molecule is CC/C=C\C/C=C\C/C=C\C/C=C\CCCCC(=O)OCC(COCCCCCCCC/C=C\CCCCCC)OC(=O)CCCCCCC. The largest absolute Gasteiger partial charge is 0.462 e. The Balaban J connectivity index is 4.18. The number of hydrogen-bond donors (Lipinski definition) is 0. The molecule has 0 aliphatic heterocycles. The van der Waals surface area contributed by atoms with Crippen LogP contribution in [-0.2, 0) is 23.8 Å². The van der Waals surface area contributed by atoms with Crippen LogP contribution in [0.3, 0.4) is 0 Å². The molecule has 0 heterocycles. The maximum Gasteiger partial charge on any atom is 0.306 e. The fourth-order valence-electron chi connectivity index (χ4n) is 5.43. The van der Waals surface area contributed by atoms with Gasteiger partial charge in [-0.2, -0.15) is 0 Å². The lowest BCUT2D eigenvalue weighted by atomic mass is 10.1. The summed E-state index contributed by atoms with van der Waals surface area (Å²) in [5, 5.41) is 0. The zero-order chi connectivity index (χ0) is 36.4. The zero-order valence-corrected chi connectivity index (χ0v) is 32.9. The van der Waals surface area contributed by atoms with Crippen molar-refractivity contribution in [3.63, 3.8) is 0 Å². The second-order valence-electron chi connectivity index (χ2n) is 13.5. The fourth-order valence-corrected chi connectivity index (χ4v) is 5.43. The van der Waals surface area contributed by atoms with Gasteiger partial charge in [0.2, 0.25) is 0 Å². The second kappa shape index (κ2) is 41.0. The number of carbonyl (C=O) groups excluding carboxylic acids is 2. The van der Waals surface area contributed by atoms with Gasteiger partial charge in [0, 0.05) is 19.4 Å². The van der Waals surface area contributed by atoms with E-state index in [2.05, 4.69) is 81.5 Å². The first-order chi connectivity index (χ1) is 24.6. The van der Waals surface area contributed by atoms with E-state index >= 15 is 0 Å². The van der Waals surface area contributed by atoms with Crippen molar-refractivity contribution in [2.45, 2.75) is 194 Å². The highest BCUT2D eigenvalue weighted by molar-refractivity contribution is 5.70. The molecule has 0 aromatic rings. The smallest absolute Gasteiger partial charge is 0.306 e.